The Bertz CT molecular complexity index is 1190. The molecule has 3 aromatic carbocycles. The molecule has 1 fully saturated rings. The predicted octanol–water partition coefficient (Wildman–Crippen LogP) is 4.35. The molecule has 7 nitrogen and oxygen atoms in total. The molecule has 0 saturated carbocycles. The molecule has 174 valence electrons. The molecule has 3 aromatic rings. The molecule has 8 heteroatoms. The molecular formula is C26H23NO6S. The first-order chi connectivity index (χ1) is 16.6. The SMILES string of the molecule is O=C(OCc1ccccc1)[C@H]1CCO[S@](=O)N1C(=O)OCC1c2ccccc2-c2ccccc21. The second-order valence-corrected chi connectivity index (χ2v) is 9.13. The van der Waals surface area contributed by atoms with Crippen LogP contribution in [0.2, 0.25) is 0 Å². The summed E-state index contributed by atoms with van der Waals surface area (Å²) >= 11 is -2.14. The first kappa shape index (κ1) is 22.3. The lowest BCUT2D eigenvalue weighted by Gasteiger charge is -2.31. The van der Waals surface area contributed by atoms with E-state index < -0.39 is 29.4 Å². The molecule has 1 aliphatic carbocycles. The largest absolute Gasteiger partial charge is 0.459 e. The summed E-state index contributed by atoms with van der Waals surface area (Å²) in [6.07, 6.45) is -0.703. The molecule has 1 aliphatic heterocycles. The number of ether oxygens (including phenoxy) is 2. The van der Waals surface area contributed by atoms with Gasteiger partial charge in [-0.05, 0) is 27.8 Å². The van der Waals surface area contributed by atoms with Crippen LogP contribution in [0.15, 0.2) is 78.9 Å². The Morgan fingerprint density at radius 3 is 2.18 bits per heavy atom. The highest BCUT2D eigenvalue weighted by atomic mass is 32.2. The van der Waals surface area contributed by atoms with Gasteiger partial charge in [0.05, 0.1) is 6.61 Å². The zero-order valence-electron chi connectivity index (χ0n) is 18.3. The van der Waals surface area contributed by atoms with E-state index in [1.807, 2.05) is 78.9 Å². The van der Waals surface area contributed by atoms with Crippen LogP contribution >= 0.6 is 0 Å². The second kappa shape index (κ2) is 9.79. The lowest BCUT2D eigenvalue weighted by Crippen LogP contribution is -2.51. The average molecular weight is 478 g/mol. The molecule has 0 unspecified atom stereocenters. The van der Waals surface area contributed by atoms with Gasteiger partial charge in [0.1, 0.15) is 13.2 Å². The summed E-state index contributed by atoms with van der Waals surface area (Å²) in [5.41, 5.74) is 5.15. The van der Waals surface area contributed by atoms with Crippen molar-refractivity contribution in [3.8, 4) is 11.1 Å². The van der Waals surface area contributed by atoms with Gasteiger partial charge in [0.2, 0.25) is 0 Å². The minimum Gasteiger partial charge on any atom is -0.459 e. The van der Waals surface area contributed by atoms with Crippen molar-refractivity contribution in [1.29, 1.82) is 0 Å². The van der Waals surface area contributed by atoms with E-state index in [0.717, 1.165) is 32.1 Å². The normalized spacial score (nSPS) is 19.2. The fourth-order valence-electron chi connectivity index (χ4n) is 4.39. The van der Waals surface area contributed by atoms with E-state index in [1.165, 1.54) is 0 Å². The molecule has 2 aliphatic rings. The Kier molecular flexibility index (Phi) is 6.42. The molecule has 0 aromatic heterocycles. The highest BCUT2D eigenvalue weighted by Crippen LogP contribution is 2.44. The third-order valence-corrected chi connectivity index (χ3v) is 7.12. The topological polar surface area (TPSA) is 82.1 Å². The summed E-state index contributed by atoms with van der Waals surface area (Å²) in [4.78, 5) is 25.8. The van der Waals surface area contributed by atoms with Gasteiger partial charge >= 0.3 is 12.1 Å². The predicted molar refractivity (Wildman–Crippen MR) is 126 cm³/mol. The van der Waals surface area contributed by atoms with Crippen LogP contribution in [0.1, 0.15) is 29.0 Å². The van der Waals surface area contributed by atoms with Crippen molar-refractivity contribution in [2.24, 2.45) is 0 Å². The van der Waals surface area contributed by atoms with Gasteiger partial charge in [-0.1, -0.05) is 78.9 Å². The van der Waals surface area contributed by atoms with Gasteiger partial charge in [0.25, 0.3) is 11.3 Å². The number of nitrogens with zero attached hydrogens (tertiary/aromatic N) is 1. The average Bonchev–Trinajstić information content (AvgIpc) is 3.20. The molecule has 0 radical (unpaired) electrons. The molecule has 0 bridgehead atoms. The van der Waals surface area contributed by atoms with E-state index in [2.05, 4.69) is 0 Å². The fraction of sp³-hybridized carbons (Fsp3) is 0.231. The van der Waals surface area contributed by atoms with Crippen LogP contribution in [-0.2, 0) is 36.3 Å². The van der Waals surface area contributed by atoms with E-state index in [-0.39, 0.29) is 32.2 Å². The summed E-state index contributed by atoms with van der Waals surface area (Å²) < 4.78 is 29.5. The van der Waals surface area contributed by atoms with Crippen molar-refractivity contribution in [2.45, 2.75) is 25.0 Å². The van der Waals surface area contributed by atoms with Crippen molar-refractivity contribution in [3.63, 3.8) is 0 Å². The fourth-order valence-corrected chi connectivity index (χ4v) is 5.32. The second-order valence-electron chi connectivity index (χ2n) is 8.07. The van der Waals surface area contributed by atoms with Crippen LogP contribution in [0.3, 0.4) is 0 Å². The molecule has 1 saturated heterocycles. The van der Waals surface area contributed by atoms with Gasteiger partial charge in [-0.2, -0.15) is 4.31 Å². The molecule has 5 rings (SSSR count). The van der Waals surface area contributed by atoms with Gasteiger partial charge in [0.15, 0.2) is 6.04 Å². The van der Waals surface area contributed by atoms with Crippen molar-refractivity contribution < 1.29 is 27.5 Å². The Morgan fingerprint density at radius 2 is 1.50 bits per heavy atom. The zero-order chi connectivity index (χ0) is 23.5. The van der Waals surface area contributed by atoms with Gasteiger partial charge in [0, 0.05) is 12.3 Å². The lowest BCUT2D eigenvalue weighted by molar-refractivity contribution is -0.150. The van der Waals surface area contributed by atoms with Crippen LogP contribution in [0.4, 0.5) is 4.79 Å². The van der Waals surface area contributed by atoms with Crippen molar-refractivity contribution in [1.82, 2.24) is 4.31 Å². The van der Waals surface area contributed by atoms with Crippen molar-refractivity contribution >= 4 is 23.3 Å². The Balaban J connectivity index is 1.29. The maximum Gasteiger partial charge on any atom is 0.424 e. The maximum atomic E-state index is 13.0. The van der Waals surface area contributed by atoms with Crippen LogP contribution in [0, 0.1) is 0 Å². The minimum atomic E-state index is -2.14. The number of amides is 1. The van der Waals surface area contributed by atoms with Crippen LogP contribution in [0.5, 0.6) is 0 Å². The third-order valence-electron chi connectivity index (χ3n) is 6.03. The molecule has 1 heterocycles. The summed E-state index contributed by atoms with van der Waals surface area (Å²) in [5, 5.41) is 0. The number of rotatable bonds is 5. The van der Waals surface area contributed by atoms with Crippen LogP contribution < -0.4 is 0 Å². The van der Waals surface area contributed by atoms with Gasteiger partial charge < -0.3 is 9.47 Å². The smallest absolute Gasteiger partial charge is 0.424 e. The van der Waals surface area contributed by atoms with E-state index in [0.29, 0.717) is 0 Å². The number of carbonyl (C=O) groups excluding carboxylic acids is 2. The summed E-state index contributed by atoms with van der Waals surface area (Å²) in [6, 6.07) is 24.1. The Morgan fingerprint density at radius 1 is 0.882 bits per heavy atom. The highest BCUT2D eigenvalue weighted by molar-refractivity contribution is 7.78. The van der Waals surface area contributed by atoms with Gasteiger partial charge in [-0.3, -0.25) is 4.18 Å². The van der Waals surface area contributed by atoms with Crippen LogP contribution in [0.25, 0.3) is 11.1 Å². The highest BCUT2D eigenvalue weighted by Gasteiger charge is 2.41. The zero-order valence-corrected chi connectivity index (χ0v) is 19.1. The van der Waals surface area contributed by atoms with Crippen LogP contribution in [-0.4, -0.2) is 39.8 Å². The molecule has 0 spiro atoms. The molecule has 34 heavy (non-hydrogen) atoms. The van der Waals surface area contributed by atoms with E-state index >= 15 is 0 Å². The summed E-state index contributed by atoms with van der Waals surface area (Å²) in [6.45, 7) is 0.180. The number of hydrogen-bond donors (Lipinski definition) is 0. The monoisotopic (exact) mass is 477 g/mol. The standard InChI is InChI=1S/C26H23NO6S/c28-25(31-16-18-8-2-1-3-9-18)24-14-15-33-34(30)27(24)26(29)32-17-23-21-12-6-4-10-19(21)20-11-5-7-13-22(20)23/h1-13,23-24H,14-17H2/t24-,34+/m1/s1. The number of esters is 1. The number of hydrogen-bond acceptors (Lipinski definition) is 6. The van der Waals surface area contributed by atoms with E-state index in [4.69, 9.17) is 13.7 Å². The molecule has 2 atom stereocenters. The van der Waals surface area contributed by atoms with Gasteiger partial charge in [-0.15, -0.1) is 0 Å². The Labute approximate surface area is 200 Å². The van der Waals surface area contributed by atoms with E-state index in [1.54, 1.807) is 0 Å². The molecule has 1 amide bonds. The quantitative estimate of drug-likeness (QED) is 0.508. The molecular weight excluding hydrogens is 454 g/mol. The number of carbonyl (C=O) groups is 2. The van der Waals surface area contributed by atoms with Gasteiger partial charge in [-0.25, -0.2) is 13.8 Å². The first-order valence-corrected chi connectivity index (χ1v) is 12.1. The third kappa shape index (κ3) is 4.34. The van der Waals surface area contributed by atoms with Crippen molar-refractivity contribution in [3.05, 3.63) is 95.6 Å². The first-order valence-electron chi connectivity index (χ1n) is 11.0. The lowest BCUT2D eigenvalue weighted by atomic mass is 9.98. The molecule has 0 N–H and O–H groups in total. The van der Waals surface area contributed by atoms with E-state index in [9.17, 15) is 13.8 Å². The summed E-state index contributed by atoms with van der Waals surface area (Å²) in [5.74, 6) is -0.798. The minimum absolute atomic E-state index is 0.0480. The number of fused-ring (bicyclic) bond motifs is 3. The number of benzene rings is 3. The summed E-state index contributed by atoms with van der Waals surface area (Å²) in [7, 11) is 0. The maximum absolute atomic E-state index is 13.0. The van der Waals surface area contributed by atoms with Crippen molar-refractivity contribution in [2.75, 3.05) is 13.2 Å². The Hall–Kier alpha value is -3.49.